The van der Waals surface area contributed by atoms with E-state index in [0.717, 1.165) is 40.9 Å². The number of aryl methyl sites for hydroxylation is 1. The number of anilines is 3. The van der Waals surface area contributed by atoms with Crippen molar-refractivity contribution in [2.45, 2.75) is 32.9 Å². The number of rotatable bonds is 6. The van der Waals surface area contributed by atoms with Gasteiger partial charge in [-0.15, -0.1) is 11.3 Å². The van der Waals surface area contributed by atoms with E-state index < -0.39 is 10.0 Å². The van der Waals surface area contributed by atoms with Crippen LogP contribution in [0.3, 0.4) is 0 Å². The number of piperazine rings is 1. The van der Waals surface area contributed by atoms with E-state index in [9.17, 15) is 13.2 Å². The molecule has 0 aliphatic carbocycles. The quantitative estimate of drug-likeness (QED) is 0.549. The molecule has 0 bridgehead atoms. The van der Waals surface area contributed by atoms with Crippen molar-refractivity contribution in [3.05, 3.63) is 41.5 Å². The molecule has 33 heavy (non-hydrogen) atoms. The Labute approximate surface area is 197 Å². The van der Waals surface area contributed by atoms with Gasteiger partial charge in [-0.05, 0) is 49.9 Å². The van der Waals surface area contributed by atoms with Crippen LogP contribution in [0.5, 0.6) is 0 Å². The molecule has 1 aliphatic rings. The summed E-state index contributed by atoms with van der Waals surface area (Å²) in [6.07, 6.45) is 2.71. The summed E-state index contributed by atoms with van der Waals surface area (Å²) < 4.78 is 25.5. The predicted octanol–water partition coefficient (Wildman–Crippen LogP) is 2.91. The van der Waals surface area contributed by atoms with Crippen LogP contribution in [0.2, 0.25) is 0 Å². The number of hydrogen-bond donors (Lipinski definition) is 2. The molecule has 0 spiro atoms. The SMILES string of the molecule is Cc1ccc(NS(C)(=O)=O)cc1NC(=O)CN1C[C@@H](C)N(c2ncnc3sccc23)[C@@H](C)C1. The Balaban J connectivity index is 1.42. The third kappa shape index (κ3) is 5.43. The van der Waals surface area contributed by atoms with Gasteiger partial charge in [0.25, 0.3) is 0 Å². The number of amides is 1. The fraction of sp³-hybridized carbons (Fsp3) is 0.409. The lowest BCUT2D eigenvalue weighted by Crippen LogP contribution is -2.58. The van der Waals surface area contributed by atoms with Crippen LogP contribution in [0.15, 0.2) is 36.0 Å². The predicted molar refractivity (Wildman–Crippen MR) is 134 cm³/mol. The molecule has 2 N–H and O–H groups in total. The first-order valence-electron chi connectivity index (χ1n) is 10.7. The number of fused-ring (bicyclic) bond motifs is 1. The Morgan fingerprint density at radius 3 is 2.61 bits per heavy atom. The second-order valence-corrected chi connectivity index (χ2v) is 11.2. The van der Waals surface area contributed by atoms with Crippen molar-refractivity contribution in [2.75, 3.05) is 40.8 Å². The lowest BCUT2D eigenvalue weighted by Gasteiger charge is -2.45. The van der Waals surface area contributed by atoms with Crippen LogP contribution in [0.25, 0.3) is 10.2 Å². The molecule has 11 heteroatoms. The van der Waals surface area contributed by atoms with Crippen LogP contribution in [0, 0.1) is 6.92 Å². The molecule has 0 unspecified atom stereocenters. The highest BCUT2D eigenvalue weighted by Gasteiger charge is 2.32. The van der Waals surface area contributed by atoms with Gasteiger partial charge in [0.15, 0.2) is 0 Å². The Morgan fingerprint density at radius 1 is 1.18 bits per heavy atom. The van der Waals surface area contributed by atoms with Crippen molar-refractivity contribution in [1.82, 2.24) is 14.9 Å². The molecule has 2 aromatic heterocycles. The Hall–Kier alpha value is -2.76. The fourth-order valence-corrected chi connectivity index (χ4v) is 5.67. The number of aromatic nitrogens is 2. The lowest BCUT2D eigenvalue weighted by molar-refractivity contribution is -0.117. The molecule has 4 rings (SSSR count). The summed E-state index contributed by atoms with van der Waals surface area (Å²) in [6.45, 7) is 7.86. The van der Waals surface area contributed by atoms with Gasteiger partial charge in [-0.1, -0.05) is 6.07 Å². The van der Waals surface area contributed by atoms with Crippen molar-refractivity contribution in [3.63, 3.8) is 0 Å². The zero-order chi connectivity index (χ0) is 23.8. The molecular weight excluding hydrogens is 460 g/mol. The minimum absolute atomic E-state index is 0.135. The molecule has 9 nitrogen and oxygen atoms in total. The minimum Gasteiger partial charge on any atom is -0.348 e. The van der Waals surface area contributed by atoms with Gasteiger partial charge in [-0.25, -0.2) is 18.4 Å². The van der Waals surface area contributed by atoms with Crippen LogP contribution in [0.1, 0.15) is 19.4 Å². The van der Waals surface area contributed by atoms with Gasteiger partial charge >= 0.3 is 0 Å². The van der Waals surface area contributed by atoms with E-state index in [-0.39, 0.29) is 24.5 Å². The average molecular weight is 489 g/mol. The summed E-state index contributed by atoms with van der Waals surface area (Å²) >= 11 is 1.60. The van der Waals surface area contributed by atoms with E-state index in [4.69, 9.17) is 0 Å². The van der Waals surface area contributed by atoms with Gasteiger partial charge in [0, 0.05) is 30.9 Å². The van der Waals surface area contributed by atoms with Crippen molar-refractivity contribution in [1.29, 1.82) is 0 Å². The smallest absolute Gasteiger partial charge is 0.238 e. The number of thiophene rings is 1. The van der Waals surface area contributed by atoms with E-state index in [2.05, 4.69) is 49.7 Å². The van der Waals surface area contributed by atoms with E-state index >= 15 is 0 Å². The third-order valence-corrected chi connectivity index (χ3v) is 7.09. The van der Waals surface area contributed by atoms with E-state index in [0.29, 0.717) is 11.4 Å². The molecule has 0 radical (unpaired) electrons. The Morgan fingerprint density at radius 2 is 1.91 bits per heavy atom. The molecule has 1 amide bonds. The van der Waals surface area contributed by atoms with Crippen molar-refractivity contribution < 1.29 is 13.2 Å². The van der Waals surface area contributed by atoms with Gasteiger partial charge < -0.3 is 10.2 Å². The molecule has 3 heterocycles. The first-order chi connectivity index (χ1) is 15.6. The normalized spacial score (nSPS) is 19.6. The monoisotopic (exact) mass is 488 g/mol. The number of carbonyl (C=O) groups is 1. The molecule has 1 aliphatic heterocycles. The first kappa shape index (κ1) is 23.4. The van der Waals surface area contributed by atoms with Gasteiger partial charge in [0.1, 0.15) is 17.0 Å². The molecule has 0 saturated carbocycles. The van der Waals surface area contributed by atoms with E-state index in [1.165, 1.54) is 0 Å². The second-order valence-electron chi connectivity index (χ2n) is 8.59. The Kier molecular flexibility index (Phi) is 6.55. The zero-order valence-corrected chi connectivity index (χ0v) is 20.7. The van der Waals surface area contributed by atoms with Crippen LogP contribution in [0.4, 0.5) is 17.2 Å². The molecule has 1 saturated heterocycles. The molecule has 1 aromatic carbocycles. The van der Waals surface area contributed by atoms with Gasteiger partial charge in [0.05, 0.1) is 23.9 Å². The van der Waals surface area contributed by atoms with E-state index in [1.54, 1.807) is 35.9 Å². The van der Waals surface area contributed by atoms with Gasteiger partial charge in [-0.2, -0.15) is 0 Å². The zero-order valence-electron chi connectivity index (χ0n) is 19.1. The number of hydrogen-bond acceptors (Lipinski definition) is 8. The number of nitrogens with one attached hydrogen (secondary N) is 2. The van der Waals surface area contributed by atoms with Crippen LogP contribution in [-0.4, -0.2) is 67.2 Å². The number of sulfonamides is 1. The maximum Gasteiger partial charge on any atom is 0.238 e. The van der Waals surface area contributed by atoms with E-state index in [1.807, 2.05) is 12.3 Å². The van der Waals surface area contributed by atoms with Crippen LogP contribution >= 0.6 is 11.3 Å². The summed E-state index contributed by atoms with van der Waals surface area (Å²) in [4.78, 5) is 27.2. The van der Waals surface area contributed by atoms with Crippen LogP contribution in [-0.2, 0) is 14.8 Å². The average Bonchev–Trinajstić information content (AvgIpc) is 3.18. The van der Waals surface area contributed by atoms with Crippen molar-refractivity contribution >= 4 is 54.7 Å². The summed E-state index contributed by atoms with van der Waals surface area (Å²) in [6, 6.07) is 7.49. The highest BCUT2D eigenvalue weighted by Crippen LogP contribution is 2.31. The summed E-state index contributed by atoms with van der Waals surface area (Å²) in [7, 11) is -3.39. The highest BCUT2D eigenvalue weighted by atomic mass is 32.2. The standard InChI is InChI=1S/C22H28N6O3S2/c1-14-5-6-17(26-33(4,30)31)9-19(14)25-20(29)12-27-10-15(2)28(16(3)11-27)21-18-7-8-32-22(18)24-13-23-21/h5-9,13,15-16,26H,10-12H2,1-4H3,(H,25,29)/t15-,16+. The Bertz CT molecular complexity index is 1260. The van der Waals surface area contributed by atoms with Crippen molar-refractivity contribution in [2.24, 2.45) is 0 Å². The summed E-state index contributed by atoms with van der Waals surface area (Å²) in [5.74, 6) is 0.806. The number of benzene rings is 1. The fourth-order valence-electron chi connectivity index (χ4n) is 4.39. The minimum atomic E-state index is -3.39. The van der Waals surface area contributed by atoms with Crippen molar-refractivity contribution in [3.8, 4) is 0 Å². The molecule has 176 valence electrons. The number of nitrogens with zero attached hydrogens (tertiary/aromatic N) is 4. The molecule has 1 fully saturated rings. The summed E-state index contributed by atoms with van der Waals surface area (Å²) in [5, 5.41) is 6.02. The molecular formula is C22H28N6O3S2. The first-order valence-corrected chi connectivity index (χ1v) is 13.4. The summed E-state index contributed by atoms with van der Waals surface area (Å²) in [5.41, 5.74) is 1.87. The molecule has 3 aromatic rings. The van der Waals surface area contributed by atoms with Gasteiger partial charge in [-0.3, -0.25) is 14.4 Å². The van der Waals surface area contributed by atoms with Crippen LogP contribution < -0.4 is 14.9 Å². The third-order valence-electron chi connectivity index (χ3n) is 5.66. The topological polar surface area (TPSA) is 108 Å². The maximum absolute atomic E-state index is 12.8. The molecule has 2 atom stereocenters. The maximum atomic E-state index is 12.8. The number of carbonyl (C=O) groups excluding carboxylic acids is 1. The van der Waals surface area contributed by atoms with Gasteiger partial charge in [0.2, 0.25) is 15.9 Å². The second kappa shape index (κ2) is 9.24. The largest absolute Gasteiger partial charge is 0.348 e. The lowest BCUT2D eigenvalue weighted by atomic mass is 10.1. The highest BCUT2D eigenvalue weighted by molar-refractivity contribution is 7.92.